The molecule has 6 rings (SSSR count). The minimum absolute atomic E-state index is 0. The summed E-state index contributed by atoms with van der Waals surface area (Å²) >= 11 is 13.3. The number of hydrogen-bond acceptors (Lipinski definition) is 7. The van der Waals surface area contributed by atoms with Crippen LogP contribution in [0.5, 0.6) is 0 Å². The van der Waals surface area contributed by atoms with E-state index in [2.05, 4.69) is 48.9 Å². The van der Waals surface area contributed by atoms with E-state index in [1.54, 1.807) is 6.07 Å². The Kier molecular flexibility index (Phi) is 10.5. The van der Waals surface area contributed by atoms with Crippen LogP contribution in [0.1, 0.15) is 70.7 Å². The monoisotopic (exact) mass is 645 g/mol. The summed E-state index contributed by atoms with van der Waals surface area (Å²) in [6, 6.07) is 1.85. The zero-order valence-electron chi connectivity index (χ0n) is 25.9. The molecule has 2 aromatic rings. The van der Waals surface area contributed by atoms with E-state index in [-0.39, 0.29) is 30.3 Å². The minimum Gasteiger partial charge on any atom is -0.398 e. The number of ether oxygens (including phenoxy) is 1. The lowest BCUT2D eigenvalue weighted by Gasteiger charge is -2.58. The number of carbonyl (C=O) groups excluding carboxylic acids is 1. The van der Waals surface area contributed by atoms with Crippen LogP contribution in [0.15, 0.2) is 18.7 Å². The van der Waals surface area contributed by atoms with Gasteiger partial charge in [0.05, 0.1) is 29.3 Å². The number of amides is 1. The maximum atomic E-state index is 11.9. The molecule has 4 fully saturated rings. The minimum atomic E-state index is -0.0690. The van der Waals surface area contributed by atoms with Crippen molar-refractivity contribution in [2.75, 3.05) is 63.6 Å². The maximum absolute atomic E-state index is 11.9. The highest BCUT2D eigenvalue weighted by molar-refractivity contribution is 6.44. The number of nitrogen functional groups attached to an aromatic ring is 1. The predicted octanol–water partition coefficient (Wildman–Crippen LogP) is 6.45. The lowest BCUT2D eigenvalue weighted by Crippen LogP contribution is -2.63. The second-order valence-corrected chi connectivity index (χ2v) is 14.0. The van der Waals surface area contributed by atoms with Gasteiger partial charge in [-0.15, -0.1) is 0 Å². The summed E-state index contributed by atoms with van der Waals surface area (Å²) in [7, 11) is 2.11. The highest BCUT2D eigenvalue weighted by Crippen LogP contribution is 2.56. The molecule has 4 heterocycles. The van der Waals surface area contributed by atoms with Crippen molar-refractivity contribution < 1.29 is 9.53 Å². The number of halogens is 2. The van der Waals surface area contributed by atoms with Crippen LogP contribution in [0.2, 0.25) is 10.0 Å². The lowest BCUT2D eigenvalue weighted by atomic mass is 9.60. The average molecular weight is 647 g/mol. The first-order valence-corrected chi connectivity index (χ1v) is 16.0. The zero-order chi connectivity index (χ0) is 31.1. The van der Waals surface area contributed by atoms with Crippen molar-refractivity contribution in [3.05, 3.63) is 40.0 Å². The molecule has 4 aliphatic rings. The van der Waals surface area contributed by atoms with E-state index >= 15 is 0 Å². The fourth-order valence-corrected chi connectivity index (χ4v) is 7.59. The van der Waals surface area contributed by atoms with Gasteiger partial charge in [0, 0.05) is 78.0 Å². The molecule has 44 heavy (non-hydrogen) atoms. The molecule has 242 valence electrons. The van der Waals surface area contributed by atoms with Gasteiger partial charge in [0.25, 0.3) is 0 Å². The number of piperidine rings is 1. The van der Waals surface area contributed by atoms with Gasteiger partial charge in [0.15, 0.2) is 5.82 Å². The Hall–Kier alpha value is -2.59. The first-order chi connectivity index (χ1) is 20.4. The van der Waals surface area contributed by atoms with E-state index < -0.39 is 0 Å². The number of nitrogens with one attached hydrogen (secondary N) is 1. The summed E-state index contributed by atoms with van der Waals surface area (Å²) in [5.41, 5.74) is 9.98. The predicted molar refractivity (Wildman–Crippen MR) is 183 cm³/mol. The number of aromatic nitrogens is 2. The first kappa shape index (κ1) is 34.3. The average Bonchev–Trinajstić information content (AvgIpc) is 3.25. The van der Waals surface area contributed by atoms with Crippen LogP contribution < -0.4 is 10.6 Å². The molecule has 3 aliphatic heterocycles. The summed E-state index contributed by atoms with van der Waals surface area (Å²) in [5, 5.41) is 14.1. The van der Waals surface area contributed by atoms with Crippen molar-refractivity contribution in [3.8, 4) is 11.1 Å². The molecular weight excluding hydrogens is 597 g/mol. The fourth-order valence-electron chi connectivity index (χ4n) is 7.13. The van der Waals surface area contributed by atoms with Crippen LogP contribution in [0, 0.1) is 17.7 Å². The Bertz CT molecular complexity index is 1390. The van der Waals surface area contributed by atoms with Gasteiger partial charge >= 0.3 is 0 Å². The number of likely N-dealkylation sites (tertiary alicyclic amines) is 1. The second-order valence-electron chi connectivity index (χ2n) is 13.2. The molecule has 9 nitrogen and oxygen atoms in total. The highest BCUT2D eigenvalue weighted by atomic mass is 35.5. The van der Waals surface area contributed by atoms with E-state index in [4.69, 9.17) is 44.2 Å². The van der Waals surface area contributed by atoms with Gasteiger partial charge in [-0.3, -0.25) is 9.48 Å². The van der Waals surface area contributed by atoms with Crippen molar-refractivity contribution >= 4 is 46.8 Å². The number of benzene rings is 1. The van der Waals surface area contributed by atoms with E-state index in [9.17, 15) is 4.79 Å². The molecule has 1 spiro atoms. The van der Waals surface area contributed by atoms with E-state index in [0.717, 1.165) is 88.7 Å². The Morgan fingerprint density at radius 3 is 2.36 bits per heavy atom. The van der Waals surface area contributed by atoms with Gasteiger partial charge in [-0.05, 0) is 72.1 Å². The molecule has 0 radical (unpaired) electrons. The van der Waals surface area contributed by atoms with Crippen molar-refractivity contribution in [2.24, 2.45) is 5.41 Å². The third kappa shape index (κ3) is 6.39. The molecule has 3 saturated heterocycles. The molecule has 1 aromatic carbocycles. The summed E-state index contributed by atoms with van der Waals surface area (Å²) in [6.07, 6.45) is 7.94. The third-order valence-electron chi connectivity index (χ3n) is 9.68. The Morgan fingerprint density at radius 1 is 1.16 bits per heavy atom. The quantitative estimate of drug-likeness (QED) is 0.220. The van der Waals surface area contributed by atoms with Gasteiger partial charge in [0.2, 0.25) is 5.91 Å². The van der Waals surface area contributed by atoms with Crippen LogP contribution in [0.3, 0.4) is 0 Å². The molecule has 3 N–H and O–H groups in total. The number of rotatable bonds is 5. The van der Waals surface area contributed by atoms with Crippen molar-refractivity contribution in [3.63, 3.8) is 0 Å². The molecule has 1 aliphatic carbocycles. The van der Waals surface area contributed by atoms with Crippen LogP contribution in [0.4, 0.5) is 11.5 Å². The number of nitrogens with two attached hydrogens (primary N) is 1. The normalized spacial score (nSPS) is 21.0. The topological polar surface area (TPSA) is 104 Å². The van der Waals surface area contributed by atoms with E-state index in [1.165, 1.54) is 18.7 Å². The summed E-state index contributed by atoms with van der Waals surface area (Å²) in [6.45, 7) is 16.7. The third-order valence-corrected chi connectivity index (χ3v) is 10.5. The zero-order valence-corrected chi connectivity index (χ0v) is 27.4. The van der Waals surface area contributed by atoms with Gasteiger partial charge < -0.3 is 30.6 Å². The second kappa shape index (κ2) is 13.4. The smallest absolute Gasteiger partial charge is 0.245 e. The first-order valence-electron chi connectivity index (χ1n) is 15.2. The van der Waals surface area contributed by atoms with E-state index in [1.807, 2.05) is 4.90 Å². The van der Waals surface area contributed by atoms with E-state index in [0.29, 0.717) is 26.9 Å². The maximum Gasteiger partial charge on any atom is 0.245 e. The Labute approximate surface area is 272 Å². The molecule has 0 unspecified atom stereocenters. The van der Waals surface area contributed by atoms with Gasteiger partial charge in [-0.25, -0.2) is 0 Å². The molecule has 0 bridgehead atoms. The number of morpholine rings is 1. The number of hydrogen-bond donors (Lipinski definition) is 2. The lowest BCUT2D eigenvalue weighted by molar-refractivity contribution is -0.149. The molecule has 1 amide bonds. The van der Waals surface area contributed by atoms with Crippen LogP contribution in [-0.2, 0) is 9.53 Å². The van der Waals surface area contributed by atoms with Crippen molar-refractivity contribution in [1.29, 1.82) is 5.41 Å². The Morgan fingerprint density at radius 2 is 1.82 bits per heavy atom. The summed E-state index contributed by atoms with van der Waals surface area (Å²) in [5.74, 6) is 0.880. The van der Waals surface area contributed by atoms with Gasteiger partial charge in [-0.1, -0.05) is 37.2 Å². The summed E-state index contributed by atoms with van der Waals surface area (Å²) < 4.78 is 7.24. The van der Waals surface area contributed by atoms with Gasteiger partial charge in [-0.2, -0.15) is 5.10 Å². The number of likely N-dealkylation sites (N-methyl/N-ethyl adjacent to an activating group) is 1. The molecule has 11 heteroatoms. The summed E-state index contributed by atoms with van der Waals surface area (Å²) in [4.78, 5) is 18.5. The van der Waals surface area contributed by atoms with Crippen molar-refractivity contribution in [2.45, 2.75) is 71.9 Å². The molecule has 1 aromatic heterocycles. The largest absolute Gasteiger partial charge is 0.398 e. The van der Waals surface area contributed by atoms with Gasteiger partial charge in [0.1, 0.15) is 0 Å². The molecule has 1 saturated carbocycles. The number of anilines is 2. The van der Waals surface area contributed by atoms with Crippen LogP contribution in [0.25, 0.3) is 11.1 Å². The fraction of sp³-hybridized carbons (Fsp3) is 0.606. The number of carbonyl (C=O) groups is 1. The SMILES string of the molecule is C.C=CC(=O)N1CC2(CC(n3nc(N4CCCCC4(C)C)c(-c4c(Cl)c(Cl)cc(N)c4C=N)c3C)C2)C1.CN1CCOCC1. The van der Waals surface area contributed by atoms with Crippen molar-refractivity contribution in [1.82, 2.24) is 19.6 Å². The van der Waals surface area contributed by atoms with Crippen LogP contribution >= 0.6 is 23.2 Å². The molecular formula is C33H49Cl2N7O2. The Balaban J connectivity index is 0.000000488. The molecule has 0 atom stereocenters. The highest BCUT2D eigenvalue weighted by Gasteiger charge is 2.54. The van der Waals surface area contributed by atoms with Crippen LogP contribution in [-0.4, -0.2) is 90.2 Å². The standard InChI is InChI=1S/C27H34Cl2N6O.C5H11NO.CH4/c1-5-21(36)33-14-27(15-33)11-17(12-27)35-16(2)22(23-18(13-30)20(31)10-19(28)24(23)29)25(32-35)34-9-7-6-8-26(34,3)4;1-6-2-4-7-5-3-6;/h5,10,13,17,30H,1,6-9,11-12,14-15,31H2,2-4H3;2-5H2,1H3;1H4. The number of nitrogens with zero attached hydrogens (tertiary/aromatic N) is 5.